The molecule has 4 saturated carbocycles. The van der Waals surface area contributed by atoms with E-state index in [2.05, 4.69) is 0 Å². The number of aliphatic hydroxyl groups is 4. The number of carbonyl (C=O) groups is 1. The molecule has 4 rings (SSSR count). The van der Waals surface area contributed by atoms with Gasteiger partial charge in [0.1, 0.15) is 0 Å². The molecule has 0 aliphatic heterocycles. The number of fused-ring (bicyclic) bond motifs is 5. The number of aliphatic carboxylic acids is 1. The Hall–Kier alpha value is -0.690. The van der Waals surface area contributed by atoms with Gasteiger partial charge in [0.2, 0.25) is 0 Å². The molecule has 4 aliphatic rings. The zero-order chi connectivity index (χ0) is 19.0. The van der Waals surface area contributed by atoms with E-state index in [1.54, 1.807) is 0 Å². The Kier molecular flexibility index (Phi) is 4.06. The monoisotopic (exact) mass is 368 g/mol. The molecule has 0 aromatic heterocycles. The maximum absolute atomic E-state index is 11.8. The second kappa shape index (κ2) is 5.66. The molecule has 8 atom stereocenters. The third kappa shape index (κ3) is 2.05. The SMILES string of the molecule is C[C@@]12CC[C@@H]3[C@H](CC[C@@]4(O)C[C@@H](O)CC[C@]34CO)[C@@]1(O)CC[C@H]2C(=O)O. The number of rotatable bonds is 2. The van der Waals surface area contributed by atoms with Gasteiger partial charge in [-0.05, 0) is 63.2 Å². The maximum Gasteiger partial charge on any atom is 0.307 e. The van der Waals surface area contributed by atoms with Gasteiger partial charge in [-0.25, -0.2) is 0 Å². The lowest BCUT2D eigenvalue weighted by atomic mass is 9.41. The Balaban J connectivity index is 1.74. The first-order chi connectivity index (χ1) is 12.1. The summed E-state index contributed by atoms with van der Waals surface area (Å²) in [6.07, 6.45) is 4.19. The summed E-state index contributed by atoms with van der Waals surface area (Å²) in [6.45, 7) is 1.78. The van der Waals surface area contributed by atoms with Gasteiger partial charge >= 0.3 is 5.97 Å². The summed E-state index contributed by atoms with van der Waals surface area (Å²) in [5.74, 6) is -1.50. The summed E-state index contributed by atoms with van der Waals surface area (Å²) in [7, 11) is 0. The van der Waals surface area contributed by atoms with Crippen molar-refractivity contribution in [3.8, 4) is 0 Å². The normalized spacial score (nSPS) is 56.3. The van der Waals surface area contributed by atoms with Crippen molar-refractivity contribution in [2.75, 3.05) is 6.61 Å². The van der Waals surface area contributed by atoms with Gasteiger partial charge in [-0.3, -0.25) is 4.79 Å². The number of hydrogen-bond acceptors (Lipinski definition) is 5. The van der Waals surface area contributed by atoms with Gasteiger partial charge in [0, 0.05) is 17.3 Å². The van der Waals surface area contributed by atoms with Crippen LogP contribution in [0, 0.1) is 28.6 Å². The molecule has 4 aliphatic carbocycles. The molecule has 4 fully saturated rings. The zero-order valence-electron chi connectivity index (χ0n) is 15.5. The minimum absolute atomic E-state index is 0.0376. The Bertz CT molecular complexity index is 609. The summed E-state index contributed by atoms with van der Waals surface area (Å²) >= 11 is 0. The molecule has 0 spiro atoms. The first kappa shape index (κ1) is 18.7. The van der Waals surface area contributed by atoms with Gasteiger partial charge < -0.3 is 25.5 Å². The van der Waals surface area contributed by atoms with Crippen LogP contribution in [0.2, 0.25) is 0 Å². The fourth-order valence-electron chi connectivity index (χ4n) is 7.73. The predicted octanol–water partition coefficient (Wildman–Crippen LogP) is 1.29. The van der Waals surface area contributed by atoms with E-state index in [9.17, 15) is 30.3 Å². The molecule has 6 nitrogen and oxygen atoms in total. The highest BCUT2D eigenvalue weighted by Gasteiger charge is 2.71. The average Bonchev–Trinajstić information content (AvgIpc) is 2.85. The molecule has 0 saturated heterocycles. The van der Waals surface area contributed by atoms with E-state index in [-0.39, 0.29) is 24.9 Å². The van der Waals surface area contributed by atoms with Crippen LogP contribution < -0.4 is 0 Å². The Labute approximate surface area is 154 Å². The van der Waals surface area contributed by atoms with Crippen molar-refractivity contribution in [3.05, 3.63) is 0 Å². The van der Waals surface area contributed by atoms with E-state index in [1.165, 1.54) is 0 Å². The quantitative estimate of drug-likeness (QED) is 0.501. The highest BCUT2D eigenvalue weighted by Crippen LogP contribution is 2.69. The second-order valence-corrected chi connectivity index (χ2v) is 9.80. The van der Waals surface area contributed by atoms with Crippen molar-refractivity contribution in [3.63, 3.8) is 0 Å². The molecule has 5 N–H and O–H groups in total. The predicted molar refractivity (Wildman–Crippen MR) is 93.2 cm³/mol. The summed E-state index contributed by atoms with van der Waals surface area (Å²) in [6, 6.07) is 0. The summed E-state index contributed by atoms with van der Waals surface area (Å²) < 4.78 is 0. The zero-order valence-corrected chi connectivity index (χ0v) is 15.5. The molecule has 0 aromatic carbocycles. The summed E-state index contributed by atoms with van der Waals surface area (Å²) in [5.41, 5.74) is -3.51. The van der Waals surface area contributed by atoms with Crippen molar-refractivity contribution in [1.29, 1.82) is 0 Å². The van der Waals surface area contributed by atoms with Crippen LogP contribution in [-0.2, 0) is 4.79 Å². The Morgan fingerprint density at radius 1 is 1.00 bits per heavy atom. The number of carboxylic acids is 1. The van der Waals surface area contributed by atoms with E-state index in [0.717, 1.165) is 0 Å². The van der Waals surface area contributed by atoms with Crippen LogP contribution >= 0.6 is 0 Å². The van der Waals surface area contributed by atoms with E-state index >= 15 is 0 Å². The molecule has 6 heteroatoms. The highest BCUT2D eigenvalue weighted by molar-refractivity contribution is 5.72. The van der Waals surface area contributed by atoms with E-state index in [1.807, 2.05) is 6.92 Å². The largest absolute Gasteiger partial charge is 0.481 e. The van der Waals surface area contributed by atoms with Crippen LogP contribution in [0.4, 0.5) is 0 Å². The first-order valence-corrected chi connectivity index (χ1v) is 10.1. The van der Waals surface area contributed by atoms with Crippen molar-refractivity contribution < 1.29 is 30.3 Å². The molecule has 0 radical (unpaired) electrons. The second-order valence-electron chi connectivity index (χ2n) is 9.80. The molecular formula is C20H32O6. The summed E-state index contributed by atoms with van der Waals surface area (Å²) in [4.78, 5) is 11.8. The number of carboxylic acid groups (broad SMARTS) is 1. The van der Waals surface area contributed by atoms with Gasteiger partial charge in [0.15, 0.2) is 0 Å². The number of aliphatic hydroxyl groups excluding tert-OH is 2. The topological polar surface area (TPSA) is 118 Å². The molecule has 148 valence electrons. The van der Waals surface area contributed by atoms with Gasteiger partial charge in [-0.2, -0.15) is 0 Å². The van der Waals surface area contributed by atoms with Crippen LogP contribution in [0.25, 0.3) is 0 Å². The van der Waals surface area contributed by atoms with Crippen molar-refractivity contribution in [2.24, 2.45) is 28.6 Å². The highest BCUT2D eigenvalue weighted by atomic mass is 16.4. The molecule has 0 unspecified atom stereocenters. The standard InChI is InChI=1S/C20H32O6/c1-17-6-3-13-14(20(17,26)9-5-15(17)16(23)24)4-8-19(25)10-12(22)2-7-18(13,19)11-21/h12-15,21-22,25-26H,2-11H2,1H3,(H,23,24)/t12-,13+,14-,15-,17-,18-,19+,20-/m0/s1. The third-order valence-electron chi connectivity index (χ3n) is 9.23. The smallest absolute Gasteiger partial charge is 0.307 e. The van der Waals surface area contributed by atoms with Gasteiger partial charge in [-0.15, -0.1) is 0 Å². The molecule has 0 amide bonds. The van der Waals surface area contributed by atoms with Gasteiger partial charge in [0.05, 0.1) is 29.8 Å². The van der Waals surface area contributed by atoms with E-state index < -0.39 is 40.0 Å². The minimum atomic E-state index is -1.10. The molecule has 0 aromatic rings. The molecule has 0 heterocycles. The molecule has 0 bridgehead atoms. The van der Waals surface area contributed by atoms with Gasteiger partial charge in [-0.1, -0.05) is 6.92 Å². The number of hydrogen-bond donors (Lipinski definition) is 5. The lowest BCUT2D eigenvalue weighted by molar-refractivity contribution is -0.270. The fraction of sp³-hybridized carbons (Fsp3) is 0.950. The molecular weight excluding hydrogens is 336 g/mol. The van der Waals surface area contributed by atoms with Crippen molar-refractivity contribution >= 4 is 5.97 Å². The lowest BCUT2D eigenvalue weighted by Crippen LogP contribution is -2.69. The van der Waals surface area contributed by atoms with Crippen LogP contribution in [0.5, 0.6) is 0 Å². The first-order valence-electron chi connectivity index (χ1n) is 10.1. The average molecular weight is 368 g/mol. The third-order valence-corrected chi connectivity index (χ3v) is 9.23. The van der Waals surface area contributed by atoms with E-state index in [4.69, 9.17) is 0 Å². The Morgan fingerprint density at radius 2 is 1.69 bits per heavy atom. The Morgan fingerprint density at radius 3 is 2.35 bits per heavy atom. The van der Waals surface area contributed by atoms with Crippen LogP contribution in [0.1, 0.15) is 64.7 Å². The van der Waals surface area contributed by atoms with Crippen LogP contribution in [0.3, 0.4) is 0 Å². The summed E-state index contributed by atoms with van der Waals surface area (Å²) in [5, 5.41) is 53.3. The molecule has 26 heavy (non-hydrogen) atoms. The fourth-order valence-corrected chi connectivity index (χ4v) is 7.73. The minimum Gasteiger partial charge on any atom is -0.481 e. The van der Waals surface area contributed by atoms with Gasteiger partial charge in [0.25, 0.3) is 0 Å². The van der Waals surface area contributed by atoms with Crippen molar-refractivity contribution in [2.45, 2.75) is 82.0 Å². The van der Waals surface area contributed by atoms with Crippen molar-refractivity contribution in [1.82, 2.24) is 0 Å². The maximum atomic E-state index is 11.8. The van der Waals surface area contributed by atoms with Crippen LogP contribution in [-0.4, -0.2) is 55.4 Å². The van der Waals surface area contributed by atoms with E-state index in [0.29, 0.717) is 51.4 Å². The lowest BCUT2D eigenvalue weighted by Gasteiger charge is -2.66. The van der Waals surface area contributed by atoms with Crippen LogP contribution in [0.15, 0.2) is 0 Å².